The van der Waals surface area contributed by atoms with E-state index in [-0.39, 0.29) is 5.82 Å². The van der Waals surface area contributed by atoms with Crippen LogP contribution in [0.1, 0.15) is 13.3 Å². The third-order valence-electron chi connectivity index (χ3n) is 4.57. The molecular weight excluding hydrogens is 397 g/mol. The lowest BCUT2D eigenvalue weighted by Gasteiger charge is -2.28. The van der Waals surface area contributed by atoms with Gasteiger partial charge in [0.1, 0.15) is 11.6 Å². The summed E-state index contributed by atoms with van der Waals surface area (Å²) in [5.41, 5.74) is 2.02. The quantitative estimate of drug-likeness (QED) is 0.363. The normalized spacial score (nSPS) is 16.7. The minimum atomic E-state index is -1.05. The highest BCUT2D eigenvalue weighted by molar-refractivity contribution is 7.99. The minimum Gasteiger partial charge on any atom is -0.478 e. The first kappa shape index (κ1) is 20.6. The molecule has 0 saturated heterocycles. The molecule has 0 amide bonds. The van der Waals surface area contributed by atoms with Crippen LogP contribution < -0.4 is 9.64 Å². The van der Waals surface area contributed by atoms with Crippen molar-refractivity contribution in [2.24, 2.45) is 5.92 Å². The molecule has 0 radical (unpaired) electrons. The van der Waals surface area contributed by atoms with E-state index in [0.717, 1.165) is 46.0 Å². The molecule has 0 bridgehead atoms. The van der Waals surface area contributed by atoms with Gasteiger partial charge < -0.3 is 14.7 Å². The molecule has 1 N–H and O–H groups in total. The van der Waals surface area contributed by atoms with E-state index < -0.39 is 5.97 Å². The lowest BCUT2D eigenvalue weighted by Crippen LogP contribution is -2.24. The van der Waals surface area contributed by atoms with E-state index in [0.29, 0.717) is 11.7 Å². The number of aliphatic carboxylic acids is 1. The molecule has 4 nitrogen and oxygen atoms in total. The first-order valence-corrected chi connectivity index (χ1v) is 11.2. The number of carboxylic acids is 1. The molecule has 1 atom stereocenters. The molecule has 1 aliphatic rings. The average Bonchev–Trinajstić information content (AvgIpc) is 2.87. The number of ether oxygens (including phenoxy) is 1. The number of hydrogen-bond acceptors (Lipinski definition) is 5. The van der Waals surface area contributed by atoms with Gasteiger partial charge in [0, 0.05) is 22.9 Å². The number of benzene rings is 2. The number of thioether (sulfide) groups is 2. The maximum absolute atomic E-state index is 13.4. The van der Waals surface area contributed by atoms with Crippen LogP contribution in [0.3, 0.4) is 0 Å². The Hall–Kier alpha value is -2.12. The topological polar surface area (TPSA) is 49.8 Å². The van der Waals surface area contributed by atoms with Crippen LogP contribution in [0.25, 0.3) is 0 Å². The predicted molar refractivity (Wildman–Crippen MR) is 114 cm³/mol. The smallest absolute Gasteiger partial charge is 0.331 e. The first-order chi connectivity index (χ1) is 13.5. The summed E-state index contributed by atoms with van der Waals surface area (Å²) in [4.78, 5) is 14.9. The molecule has 7 heteroatoms. The standard InChI is InChI=1S/C21H22FNO3S2/c1-3-14-12-23(16-6-4-15(22)5-7-16)17-10-20(27-2)18(11-19(17)28-13-14)26-9-8-21(24)25/h4-11,14H,3,12-13H2,1-2H3,(H,24,25)/b9-8+. The van der Waals surface area contributed by atoms with Crippen LogP contribution in [0.15, 0.2) is 58.5 Å². The van der Waals surface area contributed by atoms with Crippen molar-refractivity contribution in [3.05, 3.63) is 54.6 Å². The largest absolute Gasteiger partial charge is 0.478 e. The van der Waals surface area contributed by atoms with Crippen molar-refractivity contribution in [2.45, 2.75) is 23.1 Å². The Morgan fingerprint density at radius 1 is 1.39 bits per heavy atom. The van der Waals surface area contributed by atoms with Crippen molar-refractivity contribution in [2.75, 3.05) is 23.5 Å². The van der Waals surface area contributed by atoms with Crippen LogP contribution in [-0.2, 0) is 4.79 Å². The number of rotatable bonds is 6. The Balaban J connectivity index is 2.04. The lowest BCUT2D eigenvalue weighted by molar-refractivity contribution is -0.131. The Bertz CT molecular complexity index is 871. The lowest BCUT2D eigenvalue weighted by atomic mass is 10.1. The summed E-state index contributed by atoms with van der Waals surface area (Å²) in [6, 6.07) is 10.6. The molecule has 2 aromatic carbocycles. The Kier molecular flexibility index (Phi) is 6.91. The summed E-state index contributed by atoms with van der Waals surface area (Å²) < 4.78 is 19.0. The van der Waals surface area contributed by atoms with Gasteiger partial charge in [0.05, 0.1) is 22.9 Å². The van der Waals surface area contributed by atoms with Gasteiger partial charge in [-0.2, -0.15) is 0 Å². The van der Waals surface area contributed by atoms with Gasteiger partial charge in [0.2, 0.25) is 0 Å². The number of carbonyl (C=O) groups is 1. The minimum absolute atomic E-state index is 0.251. The van der Waals surface area contributed by atoms with Gasteiger partial charge in [-0.3, -0.25) is 0 Å². The molecule has 1 unspecified atom stereocenters. The van der Waals surface area contributed by atoms with Gasteiger partial charge in [0.25, 0.3) is 0 Å². The molecule has 0 fully saturated rings. The van der Waals surface area contributed by atoms with Crippen LogP contribution in [0.5, 0.6) is 5.75 Å². The molecule has 148 valence electrons. The fourth-order valence-electron chi connectivity index (χ4n) is 3.00. The second kappa shape index (κ2) is 9.39. The zero-order chi connectivity index (χ0) is 20.1. The summed E-state index contributed by atoms with van der Waals surface area (Å²) in [6.07, 6.45) is 5.17. The van der Waals surface area contributed by atoms with E-state index in [9.17, 15) is 9.18 Å². The average molecular weight is 420 g/mol. The molecule has 1 heterocycles. The SMILES string of the molecule is CCC1CSc2cc(O/C=C/C(=O)O)c(SC)cc2N(c2ccc(F)cc2)C1. The van der Waals surface area contributed by atoms with Crippen LogP contribution >= 0.6 is 23.5 Å². The Morgan fingerprint density at radius 3 is 2.79 bits per heavy atom. The fourth-order valence-corrected chi connectivity index (χ4v) is 4.81. The van der Waals surface area contributed by atoms with Crippen molar-refractivity contribution >= 4 is 40.9 Å². The third-order valence-corrected chi connectivity index (χ3v) is 6.61. The van der Waals surface area contributed by atoms with E-state index in [2.05, 4.69) is 17.9 Å². The van der Waals surface area contributed by atoms with Crippen molar-refractivity contribution in [3.8, 4) is 5.75 Å². The van der Waals surface area contributed by atoms with Crippen LogP contribution in [0, 0.1) is 11.7 Å². The van der Waals surface area contributed by atoms with Gasteiger partial charge in [-0.1, -0.05) is 13.3 Å². The molecule has 3 rings (SSSR count). The zero-order valence-electron chi connectivity index (χ0n) is 15.7. The Morgan fingerprint density at radius 2 is 2.14 bits per heavy atom. The molecule has 0 spiro atoms. The highest BCUT2D eigenvalue weighted by Gasteiger charge is 2.24. The molecule has 2 aromatic rings. The number of hydrogen-bond donors (Lipinski definition) is 1. The van der Waals surface area contributed by atoms with E-state index in [1.165, 1.54) is 30.2 Å². The van der Waals surface area contributed by atoms with Crippen molar-refractivity contribution in [1.82, 2.24) is 0 Å². The third kappa shape index (κ3) is 4.83. The number of fused-ring (bicyclic) bond motifs is 1. The molecule has 0 aromatic heterocycles. The second-order valence-electron chi connectivity index (χ2n) is 6.40. The number of nitrogens with zero attached hydrogens (tertiary/aromatic N) is 1. The van der Waals surface area contributed by atoms with Gasteiger partial charge in [-0.05, 0) is 48.6 Å². The molecule has 0 saturated carbocycles. The fraction of sp³-hybridized carbons (Fsp3) is 0.286. The van der Waals surface area contributed by atoms with E-state index in [4.69, 9.17) is 9.84 Å². The number of halogens is 1. The zero-order valence-corrected chi connectivity index (χ0v) is 17.4. The van der Waals surface area contributed by atoms with Gasteiger partial charge >= 0.3 is 5.97 Å². The molecule has 1 aliphatic heterocycles. The predicted octanol–water partition coefficient (Wildman–Crippen LogP) is 5.79. The highest BCUT2D eigenvalue weighted by Crippen LogP contribution is 2.45. The first-order valence-electron chi connectivity index (χ1n) is 8.96. The molecular formula is C21H22FNO3S2. The summed E-state index contributed by atoms with van der Waals surface area (Å²) in [6.45, 7) is 3.04. The molecule has 28 heavy (non-hydrogen) atoms. The van der Waals surface area contributed by atoms with Crippen molar-refractivity contribution in [1.29, 1.82) is 0 Å². The van der Waals surface area contributed by atoms with Crippen LogP contribution in [0.2, 0.25) is 0 Å². The van der Waals surface area contributed by atoms with E-state index in [1.54, 1.807) is 23.9 Å². The summed E-state index contributed by atoms with van der Waals surface area (Å²) in [5.74, 6) is 0.799. The Labute approximate surface area is 172 Å². The van der Waals surface area contributed by atoms with Gasteiger partial charge in [0.15, 0.2) is 0 Å². The summed E-state index contributed by atoms with van der Waals surface area (Å²) in [5, 5.41) is 8.77. The number of carboxylic acid groups (broad SMARTS) is 1. The highest BCUT2D eigenvalue weighted by atomic mass is 32.2. The van der Waals surface area contributed by atoms with Gasteiger partial charge in [-0.25, -0.2) is 9.18 Å². The second-order valence-corrected chi connectivity index (χ2v) is 8.31. The summed E-state index contributed by atoms with van der Waals surface area (Å²) in [7, 11) is 0. The summed E-state index contributed by atoms with van der Waals surface area (Å²) >= 11 is 3.31. The van der Waals surface area contributed by atoms with Crippen LogP contribution in [-0.4, -0.2) is 29.6 Å². The maximum atomic E-state index is 13.4. The molecule has 0 aliphatic carbocycles. The van der Waals surface area contributed by atoms with E-state index >= 15 is 0 Å². The van der Waals surface area contributed by atoms with Crippen molar-refractivity contribution < 1.29 is 19.0 Å². The van der Waals surface area contributed by atoms with Crippen LogP contribution in [0.4, 0.5) is 15.8 Å². The van der Waals surface area contributed by atoms with Gasteiger partial charge in [-0.15, -0.1) is 23.5 Å². The van der Waals surface area contributed by atoms with E-state index in [1.807, 2.05) is 12.3 Å². The number of anilines is 2. The maximum Gasteiger partial charge on any atom is 0.331 e. The van der Waals surface area contributed by atoms with Crippen molar-refractivity contribution in [3.63, 3.8) is 0 Å². The monoisotopic (exact) mass is 419 g/mol.